The second-order valence-corrected chi connectivity index (χ2v) is 9.93. The lowest BCUT2D eigenvalue weighted by molar-refractivity contribution is 0.669. The van der Waals surface area contributed by atoms with E-state index in [4.69, 9.17) is 4.42 Å². The predicted molar refractivity (Wildman–Crippen MR) is 153 cm³/mol. The van der Waals surface area contributed by atoms with Gasteiger partial charge in [0.15, 0.2) is 16.3 Å². The van der Waals surface area contributed by atoms with Crippen molar-refractivity contribution in [2.24, 2.45) is 0 Å². The van der Waals surface area contributed by atoms with Crippen LogP contribution < -0.4 is 4.43 Å². The fourth-order valence-corrected chi connectivity index (χ4v) is 5.49. The zero-order valence-electron chi connectivity index (χ0n) is 19.6. The molecular weight excluding hydrogens is 451 g/mol. The Bertz CT molecular complexity index is 1910. The first-order chi connectivity index (χ1) is 17.7. The summed E-state index contributed by atoms with van der Waals surface area (Å²) in [5, 5.41) is 4.80. The Morgan fingerprint density at radius 2 is 1.00 bits per heavy atom. The van der Waals surface area contributed by atoms with E-state index in [0.717, 1.165) is 16.6 Å². The van der Waals surface area contributed by atoms with Gasteiger partial charge in [-0.3, -0.25) is 0 Å². The first-order valence-corrected chi connectivity index (χ1v) is 12.7. The number of furan rings is 1. The quantitative estimate of drug-likeness (QED) is 0.235. The molecule has 1 heterocycles. The predicted octanol–water partition coefficient (Wildman–Crippen LogP) is 8.53. The third-order valence-electron chi connectivity index (χ3n) is 6.97. The third-order valence-corrected chi connectivity index (χ3v) is 7.33. The van der Waals surface area contributed by atoms with E-state index in [0.29, 0.717) is 0 Å². The van der Waals surface area contributed by atoms with Gasteiger partial charge in [0, 0.05) is 10.8 Å². The highest BCUT2D eigenvalue weighted by Crippen LogP contribution is 2.37. The summed E-state index contributed by atoms with van der Waals surface area (Å²) in [5.74, 6) is 0. The Morgan fingerprint density at radius 1 is 0.417 bits per heavy atom. The molecule has 2 heteroatoms. The van der Waals surface area contributed by atoms with Crippen molar-refractivity contribution < 1.29 is 4.42 Å². The second kappa shape index (κ2) is 8.54. The maximum Gasteiger partial charge on any atom is 0.175 e. The zero-order valence-corrected chi connectivity index (χ0v) is 20.8. The summed E-state index contributed by atoms with van der Waals surface area (Å²) in [4.78, 5) is 0. The summed E-state index contributed by atoms with van der Waals surface area (Å²) in [6.45, 7) is 0. The van der Waals surface area contributed by atoms with Crippen molar-refractivity contribution in [3.8, 4) is 33.4 Å². The molecular formula is C34H21AlO. The van der Waals surface area contributed by atoms with Crippen LogP contribution in [0.25, 0.3) is 66.1 Å². The highest BCUT2D eigenvalue weighted by molar-refractivity contribution is 6.32. The van der Waals surface area contributed by atoms with Crippen LogP contribution in [0.5, 0.6) is 0 Å². The Morgan fingerprint density at radius 3 is 1.69 bits per heavy atom. The van der Waals surface area contributed by atoms with Crippen LogP contribution in [-0.2, 0) is 0 Å². The summed E-state index contributed by atoms with van der Waals surface area (Å²) < 4.78 is 7.40. The third kappa shape index (κ3) is 3.64. The minimum Gasteiger partial charge on any atom is -0.456 e. The molecule has 1 aromatic heterocycles. The fraction of sp³-hybridized carbons (Fsp3) is 0. The largest absolute Gasteiger partial charge is 0.456 e. The van der Waals surface area contributed by atoms with Crippen LogP contribution in [0.4, 0.5) is 0 Å². The van der Waals surface area contributed by atoms with Crippen molar-refractivity contribution in [3.63, 3.8) is 0 Å². The van der Waals surface area contributed by atoms with Crippen molar-refractivity contribution in [2.45, 2.75) is 0 Å². The summed E-state index contributed by atoms with van der Waals surface area (Å²) in [6.07, 6.45) is 0. The highest BCUT2D eigenvalue weighted by atomic mass is 27.0. The summed E-state index contributed by atoms with van der Waals surface area (Å²) >= 11 is 2.79. The van der Waals surface area contributed by atoms with E-state index in [9.17, 15) is 0 Å². The van der Waals surface area contributed by atoms with Gasteiger partial charge in [0.1, 0.15) is 11.2 Å². The van der Waals surface area contributed by atoms with Crippen molar-refractivity contribution in [3.05, 3.63) is 127 Å². The molecule has 7 rings (SSSR count). The van der Waals surface area contributed by atoms with Gasteiger partial charge in [0.25, 0.3) is 0 Å². The van der Waals surface area contributed by atoms with E-state index in [2.05, 4.69) is 144 Å². The molecule has 0 atom stereocenters. The fourth-order valence-electron chi connectivity index (χ4n) is 5.20. The van der Waals surface area contributed by atoms with Crippen molar-refractivity contribution in [2.75, 3.05) is 0 Å². The van der Waals surface area contributed by atoms with Gasteiger partial charge in [-0.15, -0.1) is 4.43 Å². The SMILES string of the molecule is [Al][c]1cccc(-c2cccc(-c3cccc(-c4ccc5oc6ccc7ccccc7c6c5c4)c3)c2)c1. The van der Waals surface area contributed by atoms with Crippen molar-refractivity contribution in [1.29, 1.82) is 0 Å². The Hall–Kier alpha value is -4.09. The van der Waals surface area contributed by atoms with Gasteiger partial charge in [-0.1, -0.05) is 97.1 Å². The maximum atomic E-state index is 6.21. The van der Waals surface area contributed by atoms with E-state index in [1.165, 1.54) is 54.0 Å². The van der Waals surface area contributed by atoms with Gasteiger partial charge < -0.3 is 4.42 Å². The Labute approximate surface area is 218 Å². The second-order valence-electron chi connectivity index (χ2n) is 9.26. The molecule has 0 unspecified atom stereocenters. The molecule has 0 aliphatic heterocycles. The van der Waals surface area contributed by atoms with Gasteiger partial charge in [0.2, 0.25) is 0 Å². The lowest BCUT2D eigenvalue weighted by Crippen LogP contribution is -2.00. The number of rotatable bonds is 3. The zero-order chi connectivity index (χ0) is 24.1. The normalized spacial score (nSPS) is 11.4. The molecule has 6 aromatic carbocycles. The molecule has 2 radical (unpaired) electrons. The standard InChI is InChI=1S/C34H21O.Al/c1-2-8-23(9-3-1)25-11-6-12-26(20-25)27-13-7-14-28(21-27)29-17-18-32-31(22-29)34-30-15-5-4-10-24(30)16-19-33(34)35-32;/h1-2,4-22H;. The molecule has 0 bridgehead atoms. The molecule has 0 fully saturated rings. The van der Waals surface area contributed by atoms with Crippen LogP contribution in [0, 0.1) is 0 Å². The monoisotopic (exact) mass is 472 g/mol. The molecule has 0 spiro atoms. The molecule has 0 aliphatic carbocycles. The molecule has 0 aliphatic rings. The van der Waals surface area contributed by atoms with Gasteiger partial charge in [-0.25, -0.2) is 0 Å². The Balaban J connectivity index is 1.34. The van der Waals surface area contributed by atoms with Crippen LogP contribution in [-0.4, -0.2) is 16.3 Å². The minimum atomic E-state index is 0.922. The molecule has 1 nitrogen and oxygen atoms in total. The highest BCUT2D eigenvalue weighted by Gasteiger charge is 2.12. The average Bonchev–Trinajstić information content (AvgIpc) is 3.32. The van der Waals surface area contributed by atoms with E-state index in [1.807, 2.05) is 0 Å². The molecule has 166 valence electrons. The molecule has 0 saturated carbocycles. The summed E-state index contributed by atoms with van der Waals surface area (Å²) in [6, 6.07) is 45.4. The van der Waals surface area contributed by atoms with Crippen LogP contribution in [0.1, 0.15) is 0 Å². The van der Waals surface area contributed by atoms with Gasteiger partial charge in [0.05, 0.1) is 0 Å². The van der Waals surface area contributed by atoms with Gasteiger partial charge in [-0.2, -0.15) is 0 Å². The first-order valence-electron chi connectivity index (χ1n) is 12.1. The van der Waals surface area contributed by atoms with Gasteiger partial charge >= 0.3 is 0 Å². The smallest absolute Gasteiger partial charge is 0.175 e. The van der Waals surface area contributed by atoms with Crippen LogP contribution in [0.15, 0.2) is 132 Å². The molecule has 0 amide bonds. The lowest BCUT2D eigenvalue weighted by atomic mass is 9.95. The number of benzene rings is 6. The number of fused-ring (bicyclic) bond motifs is 5. The molecule has 0 N–H and O–H groups in total. The number of hydrogen-bond donors (Lipinski definition) is 0. The van der Waals surface area contributed by atoms with E-state index >= 15 is 0 Å². The topological polar surface area (TPSA) is 13.1 Å². The molecule has 36 heavy (non-hydrogen) atoms. The van der Waals surface area contributed by atoms with E-state index in [1.54, 1.807) is 0 Å². The first kappa shape index (κ1) is 21.2. The van der Waals surface area contributed by atoms with Crippen molar-refractivity contribution >= 4 is 53.4 Å². The van der Waals surface area contributed by atoms with E-state index < -0.39 is 0 Å². The molecule has 7 aromatic rings. The Kier molecular flexibility index (Phi) is 5.03. The number of hydrogen-bond acceptors (Lipinski definition) is 1. The molecule has 0 saturated heterocycles. The van der Waals surface area contributed by atoms with Gasteiger partial charge in [-0.05, 0) is 74.5 Å². The lowest BCUT2D eigenvalue weighted by Gasteiger charge is -2.09. The van der Waals surface area contributed by atoms with Crippen LogP contribution in [0.2, 0.25) is 0 Å². The average molecular weight is 473 g/mol. The van der Waals surface area contributed by atoms with E-state index in [-0.39, 0.29) is 0 Å². The van der Waals surface area contributed by atoms with Crippen LogP contribution >= 0.6 is 0 Å². The minimum absolute atomic E-state index is 0.922. The maximum absolute atomic E-state index is 6.21. The summed E-state index contributed by atoms with van der Waals surface area (Å²) in [7, 11) is 0. The van der Waals surface area contributed by atoms with Crippen molar-refractivity contribution in [1.82, 2.24) is 0 Å². The van der Waals surface area contributed by atoms with Crippen LogP contribution in [0.3, 0.4) is 0 Å². The summed E-state index contributed by atoms with van der Waals surface area (Å²) in [5.41, 5.74) is 9.10.